The third kappa shape index (κ3) is 4.71. The van der Waals surface area contributed by atoms with Crippen LogP contribution in [0.4, 0.5) is 0 Å². The number of hydrogen-bond donors (Lipinski definition) is 1. The molecule has 0 aliphatic rings. The molecule has 19 heavy (non-hydrogen) atoms. The maximum absolute atomic E-state index is 11.6. The van der Waals surface area contributed by atoms with Crippen LogP contribution in [-0.4, -0.2) is 27.2 Å². The second kappa shape index (κ2) is 6.89. The summed E-state index contributed by atoms with van der Waals surface area (Å²) < 4.78 is 1.64. The molecule has 0 aliphatic carbocycles. The topological polar surface area (TPSA) is 59.8 Å². The average molecular weight is 279 g/mol. The van der Waals surface area contributed by atoms with Crippen LogP contribution in [0.1, 0.15) is 12.0 Å². The lowest BCUT2D eigenvalue weighted by molar-refractivity contribution is -0.121. The first-order valence-corrected chi connectivity index (χ1v) is 6.45. The molecule has 1 aromatic heterocycles. The number of nitrogens with zero attached hydrogens (tertiary/aromatic N) is 3. The molecule has 0 unspecified atom stereocenters. The summed E-state index contributed by atoms with van der Waals surface area (Å²) in [4.78, 5) is 15.4. The Labute approximate surface area is 116 Å². The second-order valence-corrected chi connectivity index (χ2v) is 4.57. The summed E-state index contributed by atoms with van der Waals surface area (Å²) in [6.07, 6.45) is 4.26. The highest BCUT2D eigenvalue weighted by Crippen LogP contribution is 2.09. The van der Waals surface area contributed by atoms with Gasteiger partial charge in [-0.25, -0.2) is 4.98 Å². The fourth-order valence-corrected chi connectivity index (χ4v) is 1.78. The van der Waals surface area contributed by atoms with Crippen molar-refractivity contribution >= 4 is 17.5 Å². The third-order valence-corrected chi connectivity index (χ3v) is 2.94. The highest BCUT2D eigenvalue weighted by atomic mass is 35.5. The van der Waals surface area contributed by atoms with Crippen LogP contribution in [0.5, 0.6) is 0 Å². The molecule has 6 heteroatoms. The molecule has 2 rings (SSSR count). The largest absolute Gasteiger partial charge is 0.356 e. The molecule has 0 fully saturated rings. The zero-order valence-electron chi connectivity index (χ0n) is 10.4. The Hall–Kier alpha value is -1.88. The molecule has 1 amide bonds. The van der Waals surface area contributed by atoms with Crippen LogP contribution in [0, 0.1) is 0 Å². The van der Waals surface area contributed by atoms with E-state index in [-0.39, 0.29) is 5.91 Å². The number of halogens is 1. The third-order valence-electron chi connectivity index (χ3n) is 2.68. The van der Waals surface area contributed by atoms with E-state index >= 15 is 0 Å². The molecule has 1 aromatic carbocycles. The number of benzene rings is 1. The molecule has 100 valence electrons. The molecule has 0 aliphatic heterocycles. The quantitative estimate of drug-likeness (QED) is 0.875. The number of hydrogen-bond acceptors (Lipinski definition) is 3. The van der Waals surface area contributed by atoms with Gasteiger partial charge in [-0.3, -0.25) is 9.48 Å². The van der Waals surface area contributed by atoms with E-state index < -0.39 is 0 Å². The van der Waals surface area contributed by atoms with E-state index in [0.29, 0.717) is 19.5 Å². The van der Waals surface area contributed by atoms with E-state index in [0.717, 1.165) is 17.0 Å². The summed E-state index contributed by atoms with van der Waals surface area (Å²) in [5.41, 5.74) is 1.15. The van der Waals surface area contributed by atoms with Gasteiger partial charge in [0, 0.05) is 18.0 Å². The fraction of sp³-hybridized carbons (Fsp3) is 0.308. The van der Waals surface area contributed by atoms with E-state index in [1.165, 1.54) is 6.33 Å². The minimum absolute atomic E-state index is 0.0180. The summed E-state index contributed by atoms with van der Waals surface area (Å²) in [6.45, 7) is 1.17. The summed E-state index contributed by atoms with van der Waals surface area (Å²) in [6, 6.07) is 7.63. The molecule has 5 nitrogen and oxygen atoms in total. The Bertz CT molecular complexity index is 510. The van der Waals surface area contributed by atoms with Crippen molar-refractivity contribution in [3.05, 3.63) is 47.5 Å². The van der Waals surface area contributed by atoms with Gasteiger partial charge in [-0.15, -0.1) is 0 Å². The van der Waals surface area contributed by atoms with Gasteiger partial charge in [-0.2, -0.15) is 5.10 Å². The Balaban J connectivity index is 1.65. The molecule has 0 atom stereocenters. The van der Waals surface area contributed by atoms with Crippen molar-refractivity contribution in [2.45, 2.75) is 19.4 Å². The molecule has 0 spiro atoms. The van der Waals surface area contributed by atoms with E-state index in [1.807, 2.05) is 24.3 Å². The predicted molar refractivity (Wildman–Crippen MR) is 72.8 cm³/mol. The number of rotatable bonds is 6. The summed E-state index contributed by atoms with van der Waals surface area (Å²) in [5, 5.41) is 7.53. The molecule has 0 saturated carbocycles. The van der Waals surface area contributed by atoms with Crippen LogP contribution in [0.15, 0.2) is 36.9 Å². The average Bonchev–Trinajstić information content (AvgIpc) is 2.92. The molecule has 1 heterocycles. The normalized spacial score (nSPS) is 10.4. The smallest absolute Gasteiger partial charge is 0.221 e. The molecule has 1 N–H and O–H groups in total. The Morgan fingerprint density at radius 2 is 2.11 bits per heavy atom. The molecule has 0 radical (unpaired) electrons. The van der Waals surface area contributed by atoms with Crippen LogP contribution in [0.2, 0.25) is 5.02 Å². The number of aromatic nitrogens is 3. The van der Waals surface area contributed by atoms with E-state index in [9.17, 15) is 4.79 Å². The number of nitrogens with one attached hydrogen (secondary N) is 1. The molecular formula is C13H15ClN4O. The van der Waals surface area contributed by atoms with Gasteiger partial charge < -0.3 is 5.32 Å². The van der Waals surface area contributed by atoms with Crippen LogP contribution in [0.3, 0.4) is 0 Å². The van der Waals surface area contributed by atoms with Crippen molar-refractivity contribution in [3.8, 4) is 0 Å². The van der Waals surface area contributed by atoms with Crippen LogP contribution in [-0.2, 0) is 17.8 Å². The van der Waals surface area contributed by atoms with Crippen molar-refractivity contribution in [1.82, 2.24) is 20.1 Å². The van der Waals surface area contributed by atoms with Gasteiger partial charge in [-0.1, -0.05) is 23.7 Å². The lowest BCUT2D eigenvalue weighted by atomic mass is 10.1. The van der Waals surface area contributed by atoms with Crippen molar-refractivity contribution in [2.24, 2.45) is 0 Å². The number of amides is 1. The Kier molecular flexibility index (Phi) is 4.92. The van der Waals surface area contributed by atoms with E-state index in [2.05, 4.69) is 15.4 Å². The highest BCUT2D eigenvalue weighted by Gasteiger charge is 2.02. The van der Waals surface area contributed by atoms with Crippen molar-refractivity contribution in [3.63, 3.8) is 0 Å². The summed E-state index contributed by atoms with van der Waals surface area (Å²) >= 11 is 5.80. The van der Waals surface area contributed by atoms with Gasteiger partial charge in [0.2, 0.25) is 5.91 Å². The van der Waals surface area contributed by atoms with Crippen LogP contribution < -0.4 is 5.32 Å². The molecular weight excluding hydrogens is 264 g/mol. The minimum Gasteiger partial charge on any atom is -0.356 e. The Morgan fingerprint density at radius 3 is 2.79 bits per heavy atom. The predicted octanol–water partition coefficient (Wildman–Crippen LogP) is 1.68. The number of carbonyl (C=O) groups is 1. The van der Waals surface area contributed by atoms with Crippen molar-refractivity contribution < 1.29 is 4.79 Å². The van der Waals surface area contributed by atoms with Gasteiger partial charge in [0.05, 0.1) is 6.54 Å². The number of aryl methyl sites for hydroxylation is 1. The Morgan fingerprint density at radius 1 is 1.32 bits per heavy atom. The first-order chi connectivity index (χ1) is 9.24. The molecule has 2 aromatic rings. The molecule has 0 bridgehead atoms. The van der Waals surface area contributed by atoms with Crippen LogP contribution >= 0.6 is 11.6 Å². The van der Waals surface area contributed by atoms with Gasteiger partial charge in [-0.05, 0) is 24.1 Å². The van der Waals surface area contributed by atoms with Gasteiger partial charge in [0.15, 0.2) is 0 Å². The second-order valence-electron chi connectivity index (χ2n) is 4.13. The standard InChI is InChI=1S/C13H15ClN4O/c14-12-3-1-11(2-4-12)5-7-16-13(19)6-8-18-10-15-9-17-18/h1-4,9-10H,5-8H2,(H,16,19). The fourth-order valence-electron chi connectivity index (χ4n) is 1.65. The first-order valence-electron chi connectivity index (χ1n) is 6.07. The zero-order valence-corrected chi connectivity index (χ0v) is 11.2. The van der Waals surface area contributed by atoms with Crippen LogP contribution in [0.25, 0.3) is 0 Å². The SMILES string of the molecule is O=C(CCn1cncn1)NCCc1ccc(Cl)cc1. The first kappa shape index (κ1) is 13.5. The monoisotopic (exact) mass is 278 g/mol. The lowest BCUT2D eigenvalue weighted by Gasteiger charge is -2.05. The maximum atomic E-state index is 11.6. The van der Waals surface area contributed by atoms with Crippen molar-refractivity contribution in [1.29, 1.82) is 0 Å². The van der Waals surface area contributed by atoms with Crippen molar-refractivity contribution in [2.75, 3.05) is 6.54 Å². The number of carbonyl (C=O) groups excluding carboxylic acids is 1. The highest BCUT2D eigenvalue weighted by molar-refractivity contribution is 6.30. The summed E-state index contributed by atoms with van der Waals surface area (Å²) in [5.74, 6) is 0.0180. The van der Waals surface area contributed by atoms with Gasteiger partial charge in [0.1, 0.15) is 12.7 Å². The summed E-state index contributed by atoms with van der Waals surface area (Å²) in [7, 11) is 0. The van der Waals surface area contributed by atoms with E-state index in [1.54, 1.807) is 11.0 Å². The van der Waals surface area contributed by atoms with Gasteiger partial charge in [0.25, 0.3) is 0 Å². The zero-order chi connectivity index (χ0) is 13.5. The minimum atomic E-state index is 0.0180. The maximum Gasteiger partial charge on any atom is 0.221 e. The van der Waals surface area contributed by atoms with Gasteiger partial charge >= 0.3 is 0 Å². The lowest BCUT2D eigenvalue weighted by Crippen LogP contribution is -2.26. The van der Waals surface area contributed by atoms with E-state index in [4.69, 9.17) is 11.6 Å². The molecule has 0 saturated heterocycles.